The minimum atomic E-state index is -0.628. The van der Waals surface area contributed by atoms with E-state index in [0.717, 1.165) is 16.9 Å². The van der Waals surface area contributed by atoms with Crippen LogP contribution < -0.4 is 4.74 Å². The third-order valence-corrected chi connectivity index (χ3v) is 4.60. The maximum absolute atomic E-state index is 10.4. The Balaban J connectivity index is 1.51. The van der Waals surface area contributed by atoms with Gasteiger partial charge in [-0.3, -0.25) is 0 Å². The zero-order valence-corrected chi connectivity index (χ0v) is 14.0. The fourth-order valence-electron chi connectivity index (χ4n) is 2.95. The van der Waals surface area contributed by atoms with Crippen molar-refractivity contribution in [2.24, 2.45) is 0 Å². The van der Waals surface area contributed by atoms with Crippen LogP contribution >= 0.6 is 11.6 Å². The number of rotatable bonds is 6. The van der Waals surface area contributed by atoms with Crippen molar-refractivity contribution in [3.8, 4) is 5.75 Å². The molecule has 0 saturated heterocycles. The second kappa shape index (κ2) is 6.46. The molecule has 1 aliphatic carbocycles. The fourth-order valence-corrected chi connectivity index (χ4v) is 3.14. The van der Waals surface area contributed by atoms with E-state index in [1.165, 1.54) is 12.8 Å². The highest BCUT2D eigenvalue weighted by Gasteiger charge is 2.30. The van der Waals surface area contributed by atoms with Crippen LogP contribution in [0.4, 0.5) is 0 Å². The third-order valence-electron chi connectivity index (χ3n) is 4.29. The van der Waals surface area contributed by atoms with Gasteiger partial charge >= 0.3 is 0 Å². The lowest BCUT2D eigenvalue weighted by Crippen LogP contribution is -2.24. The highest BCUT2D eigenvalue weighted by molar-refractivity contribution is 6.32. The van der Waals surface area contributed by atoms with Crippen LogP contribution in [0.1, 0.15) is 24.6 Å². The summed E-state index contributed by atoms with van der Waals surface area (Å²) in [5.74, 6) is 2.19. The van der Waals surface area contributed by atoms with Crippen molar-refractivity contribution in [1.29, 1.82) is 0 Å². The summed E-state index contributed by atoms with van der Waals surface area (Å²) in [6.45, 7) is 0.664. The Kier molecular flexibility index (Phi) is 4.17. The van der Waals surface area contributed by atoms with Gasteiger partial charge in [0.1, 0.15) is 24.3 Å². The SMILES string of the molecule is O[C@@H](COc1ccccc1Cl)Cn1c(C2CC2)nc2ccccc21. The summed E-state index contributed by atoms with van der Waals surface area (Å²) < 4.78 is 7.79. The molecule has 4 rings (SSSR count). The number of aromatic nitrogens is 2. The first-order valence-corrected chi connectivity index (χ1v) is 8.60. The van der Waals surface area contributed by atoms with Crippen LogP contribution in [0.5, 0.6) is 5.75 Å². The standard InChI is InChI=1S/C19H19ClN2O2/c20-15-5-1-4-8-18(15)24-12-14(23)11-22-17-7-3-2-6-16(17)21-19(22)13-9-10-13/h1-8,13-14,23H,9-12H2/t14-/m1/s1. The molecule has 2 aromatic carbocycles. The molecule has 1 aromatic heterocycles. The van der Waals surface area contributed by atoms with Gasteiger partial charge in [-0.25, -0.2) is 4.98 Å². The van der Waals surface area contributed by atoms with Crippen molar-refractivity contribution in [2.45, 2.75) is 31.4 Å². The molecule has 1 aliphatic rings. The van der Waals surface area contributed by atoms with Gasteiger partial charge in [0.25, 0.3) is 0 Å². The molecule has 3 aromatic rings. The van der Waals surface area contributed by atoms with E-state index in [4.69, 9.17) is 21.3 Å². The van der Waals surface area contributed by atoms with Gasteiger partial charge in [0.05, 0.1) is 22.6 Å². The van der Waals surface area contributed by atoms with Crippen molar-refractivity contribution in [3.63, 3.8) is 0 Å². The Labute approximate surface area is 145 Å². The Bertz CT molecular complexity index is 857. The molecule has 4 nitrogen and oxygen atoms in total. The second-order valence-corrected chi connectivity index (χ2v) is 6.65. The summed E-state index contributed by atoms with van der Waals surface area (Å²) in [5.41, 5.74) is 2.05. The predicted octanol–water partition coefficient (Wildman–Crippen LogP) is 4.01. The number of aliphatic hydroxyl groups excluding tert-OH is 1. The summed E-state index contributed by atoms with van der Waals surface area (Å²) in [5, 5.41) is 11.0. The van der Waals surface area contributed by atoms with Crippen LogP contribution in [0.15, 0.2) is 48.5 Å². The number of fused-ring (bicyclic) bond motifs is 1. The second-order valence-electron chi connectivity index (χ2n) is 6.24. The summed E-state index contributed by atoms with van der Waals surface area (Å²) in [4.78, 5) is 4.75. The molecule has 0 aliphatic heterocycles. The van der Waals surface area contributed by atoms with Crippen LogP contribution in [-0.2, 0) is 6.54 Å². The van der Waals surface area contributed by atoms with E-state index in [0.29, 0.717) is 23.2 Å². The van der Waals surface area contributed by atoms with Crippen molar-refractivity contribution < 1.29 is 9.84 Å². The van der Waals surface area contributed by atoms with E-state index in [9.17, 15) is 5.11 Å². The molecule has 1 atom stereocenters. The molecule has 0 amide bonds. The third kappa shape index (κ3) is 3.12. The molecular formula is C19H19ClN2O2. The van der Waals surface area contributed by atoms with Crippen molar-refractivity contribution in [3.05, 3.63) is 59.4 Å². The number of aliphatic hydroxyl groups is 1. The molecular weight excluding hydrogens is 324 g/mol. The number of hydrogen-bond acceptors (Lipinski definition) is 3. The topological polar surface area (TPSA) is 47.3 Å². The summed E-state index contributed by atoms with van der Waals surface area (Å²) in [7, 11) is 0. The molecule has 1 fully saturated rings. The first-order valence-electron chi connectivity index (χ1n) is 8.23. The number of hydrogen-bond donors (Lipinski definition) is 1. The quantitative estimate of drug-likeness (QED) is 0.736. The van der Waals surface area contributed by atoms with E-state index in [2.05, 4.69) is 10.6 Å². The molecule has 1 saturated carbocycles. The average Bonchev–Trinajstić information content (AvgIpc) is 3.37. The molecule has 1 N–H and O–H groups in total. The highest BCUT2D eigenvalue weighted by atomic mass is 35.5. The number of benzene rings is 2. The van der Waals surface area contributed by atoms with E-state index in [1.54, 1.807) is 12.1 Å². The minimum Gasteiger partial charge on any atom is -0.489 e. The molecule has 0 spiro atoms. The van der Waals surface area contributed by atoms with Crippen LogP contribution in [0.25, 0.3) is 11.0 Å². The first-order chi connectivity index (χ1) is 11.7. The Morgan fingerprint density at radius 3 is 2.71 bits per heavy atom. The molecule has 0 unspecified atom stereocenters. The number of imidazole rings is 1. The highest BCUT2D eigenvalue weighted by Crippen LogP contribution is 2.40. The van der Waals surface area contributed by atoms with Gasteiger partial charge in [-0.05, 0) is 37.1 Å². The van der Waals surface area contributed by atoms with Crippen LogP contribution in [0, 0.1) is 0 Å². The van der Waals surface area contributed by atoms with E-state index < -0.39 is 6.10 Å². The Hall–Kier alpha value is -2.04. The summed E-state index contributed by atoms with van der Waals surface area (Å²) in [6, 6.07) is 15.4. The lowest BCUT2D eigenvalue weighted by atomic mass is 10.3. The molecule has 1 heterocycles. The number of nitrogens with zero attached hydrogens (tertiary/aromatic N) is 2. The Morgan fingerprint density at radius 2 is 1.92 bits per heavy atom. The van der Waals surface area contributed by atoms with Gasteiger partial charge in [-0.15, -0.1) is 0 Å². The monoisotopic (exact) mass is 342 g/mol. The number of para-hydroxylation sites is 3. The Morgan fingerprint density at radius 1 is 1.17 bits per heavy atom. The smallest absolute Gasteiger partial charge is 0.138 e. The maximum atomic E-state index is 10.4. The van der Waals surface area contributed by atoms with Crippen molar-refractivity contribution in [2.75, 3.05) is 6.61 Å². The van der Waals surface area contributed by atoms with Gasteiger partial charge < -0.3 is 14.4 Å². The van der Waals surface area contributed by atoms with Crippen molar-refractivity contribution in [1.82, 2.24) is 9.55 Å². The van der Waals surface area contributed by atoms with Gasteiger partial charge in [0, 0.05) is 5.92 Å². The van der Waals surface area contributed by atoms with Crippen LogP contribution in [0.2, 0.25) is 5.02 Å². The van der Waals surface area contributed by atoms with Gasteiger partial charge in [0.2, 0.25) is 0 Å². The van der Waals surface area contributed by atoms with Crippen LogP contribution in [0.3, 0.4) is 0 Å². The predicted molar refractivity (Wildman–Crippen MR) is 94.7 cm³/mol. The zero-order valence-electron chi connectivity index (χ0n) is 13.2. The van der Waals surface area contributed by atoms with Gasteiger partial charge in [-0.2, -0.15) is 0 Å². The van der Waals surface area contributed by atoms with E-state index in [-0.39, 0.29) is 6.61 Å². The van der Waals surface area contributed by atoms with Gasteiger partial charge in [0.15, 0.2) is 0 Å². The molecule has 0 radical (unpaired) electrons. The summed E-state index contributed by atoms with van der Waals surface area (Å²) >= 11 is 6.08. The number of halogens is 1. The molecule has 24 heavy (non-hydrogen) atoms. The van der Waals surface area contributed by atoms with E-state index in [1.807, 2.05) is 30.3 Å². The average molecular weight is 343 g/mol. The minimum absolute atomic E-state index is 0.195. The maximum Gasteiger partial charge on any atom is 0.138 e. The normalized spacial score (nSPS) is 15.6. The van der Waals surface area contributed by atoms with E-state index >= 15 is 0 Å². The zero-order chi connectivity index (χ0) is 16.5. The largest absolute Gasteiger partial charge is 0.489 e. The lowest BCUT2D eigenvalue weighted by molar-refractivity contribution is 0.0927. The summed E-state index contributed by atoms with van der Waals surface area (Å²) in [6.07, 6.45) is 1.72. The van der Waals surface area contributed by atoms with Gasteiger partial charge in [-0.1, -0.05) is 35.9 Å². The lowest BCUT2D eigenvalue weighted by Gasteiger charge is -2.16. The molecule has 0 bridgehead atoms. The molecule has 124 valence electrons. The number of ether oxygens (including phenoxy) is 1. The first kappa shape index (κ1) is 15.5. The molecule has 5 heteroatoms. The fraction of sp³-hybridized carbons (Fsp3) is 0.316. The van der Waals surface area contributed by atoms with Crippen LogP contribution in [-0.4, -0.2) is 27.4 Å². The van der Waals surface area contributed by atoms with Crippen molar-refractivity contribution >= 4 is 22.6 Å².